The van der Waals surface area contributed by atoms with Gasteiger partial charge in [-0.3, -0.25) is 4.79 Å². The Balaban J connectivity index is 2.05. The lowest BCUT2D eigenvalue weighted by Gasteiger charge is -2.36. The molecule has 1 aliphatic heterocycles. The van der Waals surface area contributed by atoms with E-state index in [0.29, 0.717) is 46.8 Å². The number of carbonyl (C=O) groups excluding carboxylic acids is 1. The standard InChI is InChI=1S/C23H30FN3O2/c1-14(2)13-29-18-11-16(10-17(24)12-18)20-7-6-19(21(25)28)22(26-20)27-9-8-15(3)23(27,4)5/h6-7,10-12,14-15H,8-9,13H2,1-5H3,(H2,25,28). The van der Waals surface area contributed by atoms with Crippen molar-refractivity contribution in [1.82, 2.24) is 4.98 Å². The molecule has 0 spiro atoms. The van der Waals surface area contributed by atoms with Crippen LogP contribution < -0.4 is 15.4 Å². The number of carbonyl (C=O) groups is 1. The maximum atomic E-state index is 14.2. The average molecular weight is 400 g/mol. The van der Waals surface area contributed by atoms with Gasteiger partial charge in [-0.2, -0.15) is 0 Å². The highest BCUT2D eigenvalue weighted by atomic mass is 19.1. The van der Waals surface area contributed by atoms with Gasteiger partial charge in [0.2, 0.25) is 0 Å². The number of aromatic nitrogens is 1. The fourth-order valence-corrected chi connectivity index (χ4v) is 3.67. The number of rotatable bonds is 6. The molecule has 1 amide bonds. The van der Waals surface area contributed by atoms with Crippen molar-refractivity contribution in [2.75, 3.05) is 18.1 Å². The molecule has 1 aromatic carbocycles. The zero-order valence-corrected chi connectivity index (χ0v) is 17.8. The van der Waals surface area contributed by atoms with Gasteiger partial charge in [-0.1, -0.05) is 20.8 Å². The third kappa shape index (κ3) is 4.36. The van der Waals surface area contributed by atoms with Crippen LogP contribution in [0.3, 0.4) is 0 Å². The third-order valence-electron chi connectivity index (χ3n) is 5.83. The van der Waals surface area contributed by atoms with Crippen LogP contribution in [0.1, 0.15) is 51.4 Å². The van der Waals surface area contributed by atoms with Gasteiger partial charge >= 0.3 is 0 Å². The lowest BCUT2D eigenvalue weighted by atomic mass is 9.90. The number of pyridine rings is 1. The highest BCUT2D eigenvalue weighted by Crippen LogP contribution is 2.39. The molecule has 1 atom stereocenters. The second kappa shape index (κ2) is 8.01. The summed E-state index contributed by atoms with van der Waals surface area (Å²) in [7, 11) is 0. The van der Waals surface area contributed by atoms with Crippen LogP contribution in [-0.4, -0.2) is 29.6 Å². The van der Waals surface area contributed by atoms with Gasteiger partial charge < -0.3 is 15.4 Å². The maximum absolute atomic E-state index is 14.2. The minimum Gasteiger partial charge on any atom is -0.493 e. The molecule has 1 aliphatic rings. The van der Waals surface area contributed by atoms with E-state index in [9.17, 15) is 9.18 Å². The lowest BCUT2D eigenvalue weighted by molar-refractivity contribution is 0.100. The molecule has 0 saturated carbocycles. The molecule has 156 valence electrons. The highest BCUT2D eigenvalue weighted by Gasteiger charge is 2.40. The van der Waals surface area contributed by atoms with Crippen LogP contribution in [0.15, 0.2) is 30.3 Å². The number of hydrogen-bond acceptors (Lipinski definition) is 4. The SMILES string of the molecule is CC(C)COc1cc(F)cc(-c2ccc(C(N)=O)c(N3CCC(C)C3(C)C)n2)c1. The normalized spacial score (nSPS) is 18.3. The summed E-state index contributed by atoms with van der Waals surface area (Å²) in [5.41, 5.74) is 7.02. The van der Waals surface area contributed by atoms with Crippen molar-refractivity contribution in [3.05, 3.63) is 41.7 Å². The van der Waals surface area contributed by atoms with Crippen LogP contribution in [0.4, 0.5) is 10.2 Å². The number of nitrogens with zero attached hydrogens (tertiary/aromatic N) is 2. The smallest absolute Gasteiger partial charge is 0.252 e. The molecule has 6 heteroatoms. The minimum atomic E-state index is -0.519. The molecule has 1 aromatic heterocycles. The van der Waals surface area contributed by atoms with Crippen molar-refractivity contribution < 1.29 is 13.9 Å². The van der Waals surface area contributed by atoms with Crippen molar-refractivity contribution in [2.24, 2.45) is 17.6 Å². The number of hydrogen-bond donors (Lipinski definition) is 1. The van der Waals surface area contributed by atoms with Crippen LogP contribution >= 0.6 is 0 Å². The molecule has 2 heterocycles. The molecular formula is C23H30FN3O2. The van der Waals surface area contributed by atoms with Crippen molar-refractivity contribution in [3.8, 4) is 17.0 Å². The highest BCUT2D eigenvalue weighted by molar-refractivity contribution is 5.98. The monoisotopic (exact) mass is 399 g/mol. The van der Waals surface area contributed by atoms with Gasteiger partial charge in [-0.15, -0.1) is 0 Å². The summed E-state index contributed by atoms with van der Waals surface area (Å²) in [5.74, 6) is 0.886. The van der Waals surface area contributed by atoms with Gasteiger partial charge in [-0.25, -0.2) is 9.37 Å². The van der Waals surface area contributed by atoms with Crippen molar-refractivity contribution in [1.29, 1.82) is 0 Å². The second-order valence-corrected chi connectivity index (χ2v) is 8.81. The minimum absolute atomic E-state index is 0.163. The largest absolute Gasteiger partial charge is 0.493 e. The number of ether oxygens (including phenoxy) is 1. The Morgan fingerprint density at radius 1 is 1.34 bits per heavy atom. The summed E-state index contributed by atoms with van der Waals surface area (Å²) < 4.78 is 19.9. The van der Waals surface area contributed by atoms with Crippen LogP contribution in [0, 0.1) is 17.7 Å². The summed E-state index contributed by atoms with van der Waals surface area (Å²) in [6.45, 7) is 11.8. The average Bonchev–Trinajstić information content (AvgIpc) is 2.91. The Morgan fingerprint density at radius 2 is 2.07 bits per heavy atom. The van der Waals surface area contributed by atoms with Gasteiger partial charge in [-0.05, 0) is 56.4 Å². The van der Waals surface area contributed by atoms with E-state index in [0.717, 1.165) is 13.0 Å². The molecule has 5 nitrogen and oxygen atoms in total. The van der Waals surface area contributed by atoms with Crippen molar-refractivity contribution in [3.63, 3.8) is 0 Å². The van der Waals surface area contributed by atoms with E-state index in [1.807, 2.05) is 13.8 Å². The van der Waals surface area contributed by atoms with Crippen molar-refractivity contribution >= 4 is 11.7 Å². The number of anilines is 1. The van der Waals surface area contributed by atoms with Gasteiger partial charge in [0.15, 0.2) is 0 Å². The molecule has 1 fully saturated rings. The zero-order chi connectivity index (χ0) is 21.3. The van der Waals surface area contributed by atoms with E-state index in [-0.39, 0.29) is 5.54 Å². The maximum Gasteiger partial charge on any atom is 0.252 e. The zero-order valence-electron chi connectivity index (χ0n) is 17.8. The van der Waals surface area contributed by atoms with Crippen LogP contribution in [-0.2, 0) is 0 Å². The van der Waals surface area contributed by atoms with E-state index < -0.39 is 11.7 Å². The summed E-state index contributed by atoms with van der Waals surface area (Å²) in [6, 6.07) is 7.96. The summed E-state index contributed by atoms with van der Waals surface area (Å²) in [5, 5.41) is 0. The second-order valence-electron chi connectivity index (χ2n) is 8.81. The third-order valence-corrected chi connectivity index (χ3v) is 5.83. The predicted octanol–water partition coefficient (Wildman–Crippen LogP) is 4.65. The Morgan fingerprint density at radius 3 is 2.66 bits per heavy atom. The molecule has 0 radical (unpaired) electrons. The Kier molecular flexibility index (Phi) is 5.82. The molecule has 1 saturated heterocycles. The van der Waals surface area contributed by atoms with Gasteiger partial charge in [0, 0.05) is 23.7 Å². The Labute approximate surface area is 172 Å². The van der Waals surface area contributed by atoms with E-state index in [1.165, 1.54) is 12.1 Å². The van der Waals surface area contributed by atoms with Crippen LogP contribution in [0.25, 0.3) is 11.3 Å². The van der Waals surface area contributed by atoms with E-state index in [1.54, 1.807) is 18.2 Å². The molecule has 29 heavy (non-hydrogen) atoms. The molecule has 1 unspecified atom stereocenters. The van der Waals surface area contributed by atoms with Gasteiger partial charge in [0.05, 0.1) is 17.9 Å². The van der Waals surface area contributed by atoms with Crippen LogP contribution in [0.2, 0.25) is 0 Å². The molecular weight excluding hydrogens is 369 g/mol. The molecule has 3 rings (SSSR count). The first kappa shape index (κ1) is 21.1. The summed E-state index contributed by atoms with van der Waals surface area (Å²) in [4.78, 5) is 18.9. The van der Waals surface area contributed by atoms with Crippen LogP contribution in [0.5, 0.6) is 5.75 Å². The molecule has 2 aromatic rings. The fourth-order valence-electron chi connectivity index (χ4n) is 3.67. The number of halogens is 1. The topological polar surface area (TPSA) is 68.5 Å². The van der Waals surface area contributed by atoms with E-state index >= 15 is 0 Å². The van der Waals surface area contributed by atoms with E-state index in [2.05, 4.69) is 25.7 Å². The number of amides is 1. The summed E-state index contributed by atoms with van der Waals surface area (Å²) >= 11 is 0. The fraction of sp³-hybridized carbons (Fsp3) is 0.478. The molecule has 2 N–H and O–H groups in total. The summed E-state index contributed by atoms with van der Waals surface area (Å²) in [6.07, 6.45) is 1.00. The number of primary amides is 1. The first-order chi connectivity index (χ1) is 13.6. The first-order valence-electron chi connectivity index (χ1n) is 10.1. The van der Waals surface area contributed by atoms with Gasteiger partial charge in [0.25, 0.3) is 5.91 Å². The first-order valence-corrected chi connectivity index (χ1v) is 10.1. The molecule has 0 bridgehead atoms. The number of nitrogens with two attached hydrogens (primary N) is 1. The predicted molar refractivity (Wildman–Crippen MR) is 114 cm³/mol. The Hall–Kier alpha value is -2.63. The van der Waals surface area contributed by atoms with Crippen molar-refractivity contribution in [2.45, 2.75) is 46.6 Å². The quantitative estimate of drug-likeness (QED) is 0.768. The van der Waals surface area contributed by atoms with Gasteiger partial charge in [0.1, 0.15) is 17.4 Å². The Bertz CT molecular complexity index is 911. The molecule has 0 aliphatic carbocycles. The lowest BCUT2D eigenvalue weighted by Crippen LogP contribution is -2.43. The number of benzene rings is 1. The van der Waals surface area contributed by atoms with E-state index in [4.69, 9.17) is 15.5 Å².